The molecule has 8 heteroatoms. The second-order valence-corrected chi connectivity index (χ2v) is 11.4. The van der Waals surface area contributed by atoms with E-state index in [1.54, 1.807) is 11.3 Å². The fraction of sp³-hybridized carbons (Fsp3) is 0.500. The minimum absolute atomic E-state index is 0.119. The van der Waals surface area contributed by atoms with E-state index in [1.807, 2.05) is 18.2 Å². The number of nitriles is 1. The quantitative estimate of drug-likeness (QED) is 0.698. The van der Waals surface area contributed by atoms with Gasteiger partial charge in [-0.2, -0.15) is 5.26 Å². The second kappa shape index (κ2) is 9.44. The van der Waals surface area contributed by atoms with Crippen molar-refractivity contribution >= 4 is 33.2 Å². The molecular weight excluding hydrogens is 440 g/mol. The summed E-state index contributed by atoms with van der Waals surface area (Å²) in [5.74, 6) is 0.666. The van der Waals surface area contributed by atoms with Crippen molar-refractivity contribution in [2.24, 2.45) is 5.92 Å². The molecule has 1 atom stereocenters. The molecule has 0 spiro atoms. The van der Waals surface area contributed by atoms with Crippen molar-refractivity contribution in [1.29, 1.82) is 5.26 Å². The van der Waals surface area contributed by atoms with E-state index in [0.29, 0.717) is 17.1 Å². The Morgan fingerprint density at radius 1 is 1.31 bits per heavy atom. The summed E-state index contributed by atoms with van der Waals surface area (Å²) in [4.78, 5) is 17.3. The third kappa shape index (κ3) is 4.53. The van der Waals surface area contributed by atoms with Crippen molar-refractivity contribution in [3.8, 4) is 6.07 Å². The molecule has 168 valence electrons. The topological polar surface area (TPSA) is 85.2 Å². The van der Waals surface area contributed by atoms with Crippen LogP contribution in [0.2, 0.25) is 0 Å². The number of nitrogens with one attached hydrogen (secondary N) is 2. The lowest BCUT2D eigenvalue weighted by atomic mass is 9.88. The molecule has 32 heavy (non-hydrogen) atoms. The number of hydrogen-bond donors (Lipinski definition) is 2. The zero-order chi connectivity index (χ0) is 22.1. The van der Waals surface area contributed by atoms with Crippen molar-refractivity contribution in [1.82, 2.24) is 9.62 Å². The zero-order valence-electron chi connectivity index (χ0n) is 18.1. The molecule has 1 fully saturated rings. The lowest BCUT2D eigenvalue weighted by molar-refractivity contribution is -0.115. The van der Waals surface area contributed by atoms with E-state index in [0.717, 1.165) is 53.6 Å². The first kappa shape index (κ1) is 21.8. The van der Waals surface area contributed by atoms with Crippen LogP contribution in [0.25, 0.3) is 0 Å². The maximum absolute atomic E-state index is 12.8. The van der Waals surface area contributed by atoms with Crippen LogP contribution >= 0.6 is 11.3 Å². The SMILES string of the molecule is N#Cc1c(NC(=O)Cc2ccc3c(c2)CNS3=O)sc2c1CN(CC1CCCCC1)CC2. The van der Waals surface area contributed by atoms with Crippen LogP contribution in [-0.2, 0) is 41.7 Å². The van der Waals surface area contributed by atoms with Gasteiger partial charge in [-0.1, -0.05) is 31.4 Å². The van der Waals surface area contributed by atoms with Crippen LogP contribution in [0, 0.1) is 17.2 Å². The average Bonchev–Trinajstić information content (AvgIpc) is 3.33. The molecule has 3 aliphatic rings. The van der Waals surface area contributed by atoms with Crippen molar-refractivity contribution in [2.45, 2.75) is 62.9 Å². The third-order valence-electron chi connectivity index (χ3n) is 6.82. The molecule has 6 nitrogen and oxygen atoms in total. The van der Waals surface area contributed by atoms with Crippen molar-refractivity contribution in [2.75, 3.05) is 18.4 Å². The summed E-state index contributed by atoms with van der Waals surface area (Å²) in [7, 11) is -1.15. The number of thiophene rings is 1. The Bertz CT molecular complexity index is 1100. The van der Waals surface area contributed by atoms with Crippen LogP contribution in [-0.4, -0.2) is 28.1 Å². The van der Waals surface area contributed by atoms with E-state index in [2.05, 4.69) is 21.0 Å². The normalized spacial score (nSPS) is 21.0. The molecule has 1 aromatic carbocycles. The molecule has 1 aliphatic carbocycles. The predicted octanol–water partition coefficient (Wildman–Crippen LogP) is 3.87. The molecule has 2 aliphatic heterocycles. The summed E-state index contributed by atoms with van der Waals surface area (Å²) in [6, 6.07) is 8.00. The Balaban J connectivity index is 1.25. The van der Waals surface area contributed by atoms with Gasteiger partial charge in [-0.05, 0) is 42.4 Å². The summed E-state index contributed by atoms with van der Waals surface area (Å²) in [6.45, 7) is 3.54. The Kier molecular flexibility index (Phi) is 6.42. The molecule has 1 saturated carbocycles. The molecule has 1 unspecified atom stereocenters. The summed E-state index contributed by atoms with van der Waals surface area (Å²) in [5.41, 5.74) is 3.62. The fourth-order valence-corrected chi connectivity index (χ4v) is 7.35. The van der Waals surface area contributed by atoms with E-state index in [-0.39, 0.29) is 12.3 Å². The minimum Gasteiger partial charge on any atom is -0.316 e. The van der Waals surface area contributed by atoms with Gasteiger partial charge in [0, 0.05) is 36.6 Å². The molecule has 2 N–H and O–H groups in total. The van der Waals surface area contributed by atoms with Crippen molar-refractivity contribution < 1.29 is 9.00 Å². The number of fused-ring (bicyclic) bond motifs is 2. The molecule has 2 aromatic rings. The minimum atomic E-state index is -1.15. The van der Waals surface area contributed by atoms with E-state index in [9.17, 15) is 14.3 Å². The van der Waals surface area contributed by atoms with E-state index in [1.165, 1.54) is 37.0 Å². The number of benzene rings is 1. The van der Waals surface area contributed by atoms with Gasteiger partial charge in [-0.25, -0.2) is 8.93 Å². The number of nitrogens with zero attached hydrogens (tertiary/aromatic N) is 2. The fourth-order valence-electron chi connectivity index (χ4n) is 5.18. The first-order valence-electron chi connectivity index (χ1n) is 11.4. The number of amides is 1. The van der Waals surface area contributed by atoms with Gasteiger partial charge >= 0.3 is 0 Å². The molecule has 1 aromatic heterocycles. The first-order chi connectivity index (χ1) is 15.6. The number of rotatable bonds is 5. The van der Waals surface area contributed by atoms with E-state index < -0.39 is 11.0 Å². The Morgan fingerprint density at radius 3 is 2.97 bits per heavy atom. The molecule has 0 bridgehead atoms. The lowest BCUT2D eigenvalue weighted by Crippen LogP contribution is -2.34. The summed E-state index contributed by atoms with van der Waals surface area (Å²) in [6.07, 6.45) is 7.91. The molecule has 5 rings (SSSR count). The van der Waals surface area contributed by atoms with Crippen LogP contribution in [0.3, 0.4) is 0 Å². The predicted molar refractivity (Wildman–Crippen MR) is 127 cm³/mol. The highest BCUT2D eigenvalue weighted by atomic mass is 32.2. The Labute approximate surface area is 195 Å². The van der Waals surface area contributed by atoms with Gasteiger partial charge in [0.15, 0.2) is 0 Å². The summed E-state index contributed by atoms with van der Waals surface area (Å²) in [5, 5.41) is 13.5. The van der Waals surface area contributed by atoms with Crippen LogP contribution in [0.1, 0.15) is 59.2 Å². The zero-order valence-corrected chi connectivity index (χ0v) is 19.7. The van der Waals surface area contributed by atoms with Crippen LogP contribution in [0.4, 0.5) is 5.00 Å². The molecule has 0 saturated heterocycles. The highest BCUT2D eigenvalue weighted by molar-refractivity contribution is 7.83. The largest absolute Gasteiger partial charge is 0.316 e. The molecular formula is C24H28N4O2S2. The average molecular weight is 469 g/mol. The molecule has 0 radical (unpaired) electrons. The number of anilines is 1. The number of carbonyl (C=O) groups is 1. The number of carbonyl (C=O) groups excluding carboxylic acids is 1. The van der Waals surface area contributed by atoms with Gasteiger partial charge < -0.3 is 5.32 Å². The Morgan fingerprint density at radius 2 is 2.16 bits per heavy atom. The second-order valence-electron chi connectivity index (χ2n) is 9.07. The molecule has 1 amide bonds. The monoisotopic (exact) mass is 468 g/mol. The summed E-state index contributed by atoms with van der Waals surface area (Å²) >= 11 is 1.56. The van der Waals surface area contributed by atoms with E-state index >= 15 is 0 Å². The maximum atomic E-state index is 12.8. The molecule has 3 heterocycles. The van der Waals surface area contributed by atoms with Gasteiger partial charge in [0.1, 0.15) is 22.1 Å². The lowest BCUT2D eigenvalue weighted by Gasteiger charge is -2.32. The van der Waals surface area contributed by atoms with Gasteiger partial charge in [0.05, 0.1) is 16.9 Å². The highest BCUT2D eigenvalue weighted by Gasteiger charge is 2.27. The van der Waals surface area contributed by atoms with Gasteiger partial charge in [-0.3, -0.25) is 9.69 Å². The van der Waals surface area contributed by atoms with Gasteiger partial charge in [0.2, 0.25) is 5.91 Å². The van der Waals surface area contributed by atoms with Crippen LogP contribution in [0.15, 0.2) is 23.1 Å². The van der Waals surface area contributed by atoms with Crippen molar-refractivity contribution in [3.63, 3.8) is 0 Å². The maximum Gasteiger partial charge on any atom is 0.229 e. The van der Waals surface area contributed by atoms with Gasteiger partial charge in [-0.15, -0.1) is 11.3 Å². The van der Waals surface area contributed by atoms with Gasteiger partial charge in [0.25, 0.3) is 0 Å². The summed E-state index contributed by atoms with van der Waals surface area (Å²) < 4.78 is 14.7. The highest BCUT2D eigenvalue weighted by Crippen LogP contribution is 2.37. The van der Waals surface area contributed by atoms with E-state index in [4.69, 9.17) is 0 Å². The standard InChI is InChI=1S/C24H28N4O2S2/c25-12-19-20-15-28(14-16-4-2-1-3-5-16)9-8-21(20)31-24(19)27-23(29)11-17-6-7-22-18(10-17)13-26-32(22)30/h6-7,10,16,26H,1-5,8-9,11,13-15H2,(H,27,29). The number of hydrogen-bond acceptors (Lipinski definition) is 5. The first-order valence-corrected chi connectivity index (χ1v) is 13.4. The van der Waals surface area contributed by atoms with Crippen molar-refractivity contribution in [3.05, 3.63) is 45.3 Å². The smallest absolute Gasteiger partial charge is 0.229 e. The van der Waals surface area contributed by atoms with Crippen LogP contribution < -0.4 is 10.0 Å². The van der Waals surface area contributed by atoms with Crippen LogP contribution in [0.5, 0.6) is 0 Å². The third-order valence-corrected chi connectivity index (χ3v) is 9.23. The Hall–Kier alpha value is -2.05.